The van der Waals surface area contributed by atoms with Gasteiger partial charge in [-0.1, -0.05) is 0 Å². The third-order valence-electron chi connectivity index (χ3n) is 1.41. The van der Waals surface area contributed by atoms with E-state index in [1.807, 2.05) is 13.2 Å². The number of anilines is 1. The Morgan fingerprint density at radius 2 is 2.46 bits per heavy atom. The zero-order chi connectivity index (χ0) is 9.26. The van der Waals surface area contributed by atoms with Gasteiger partial charge in [-0.2, -0.15) is 9.36 Å². The third kappa shape index (κ3) is 1.80. The van der Waals surface area contributed by atoms with Crippen molar-refractivity contribution in [2.75, 3.05) is 12.4 Å². The maximum Gasteiger partial charge on any atom is 0.248 e. The van der Waals surface area contributed by atoms with Gasteiger partial charge in [-0.3, -0.25) is 4.57 Å². The minimum Gasteiger partial charge on any atom is -0.363 e. The molecule has 0 fully saturated rings. The predicted octanol–water partition coefficient (Wildman–Crippen LogP) is 1.37. The van der Waals surface area contributed by atoms with Crippen molar-refractivity contribution in [3.8, 4) is 5.95 Å². The fourth-order valence-electron chi connectivity index (χ4n) is 0.830. The first kappa shape index (κ1) is 8.88. The first-order chi connectivity index (χ1) is 6.29. The zero-order valence-electron chi connectivity index (χ0n) is 6.73. The molecule has 2 rings (SSSR count). The zero-order valence-corrected chi connectivity index (χ0v) is 9.70. The third-order valence-corrected chi connectivity index (χ3v) is 2.69. The molecule has 0 aliphatic heterocycles. The molecule has 13 heavy (non-hydrogen) atoms. The second-order valence-corrected chi connectivity index (χ2v) is 4.11. The van der Waals surface area contributed by atoms with Gasteiger partial charge in [0.2, 0.25) is 11.1 Å². The maximum atomic E-state index is 4.23. The van der Waals surface area contributed by atoms with E-state index in [0.717, 1.165) is 8.83 Å². The smallest absolute Gasteiger partial charge is 0.248 e. The van der Waals surface area contributed by atoms with Crippen molar-refractivity contribution in [3.63, 3.8) is 0 Å². The van der Waals surface area contributed by atoms with Crippen LogP contribution in [0.25, 0.3) is 5.95 Å². The molecule has 0 aliphatic rings. The van der Waals surface area contributed by atoms with Crippen molar-refractivity contribution in [3.05, 3.63) is 16.2 Å². The Bertz CT molecular complexity index is 409. The second-order valence-electron chi connectivity index (χ2n) is 2.25. The molecule has 0 saturated heterocycles. The SMILES string of the molecule is CNc1nc(-n2cnc(I)c2)ns1. The Kier molecular flexibility index (Phi) is 2.44. The molecule has 0 aromatic carbocycles. The largest absolute Gasteiger partial charge is 0.363 e. The molecule has 2 aromatic heterocycles. The van der Waals surface area contributed by atoms with Crippen LogP contribution in [0.4, 0.5) is 5.13 Å². The first-order valence-corrected chi connectivity index (χ1v) is 5.36. The number of halogens is 1. The van der Waals surface area contributed by atoms with Crippen LogP contribution in [0.1, 0.15) is 0 Å². The fourth-order valence-corrected chi connectivity index (χ4v) is 1.77. The van der Waals surface area contributed by atoms with Gasteiger partial charge in [0, 0.05) is 24.8 Å². The van der Waals surface area contributed by atoms with Crippen LogP contribution in [-0.4, -0.2) is 26.0 Å². The lowest BCUT2D eigenvalue weighted by atomic mass is 10.8. The van der Waals surface area contributed by atoms with Gasteiger partial charge >= 0.3 is 0 Å². The van der Waals surface area contributed by atoms with Crippen molar-refractivity contribution in [1.82, 2.24) is 18.9 Å². The first-order valence-electron chi connectivity index (χ1n) is 3.51. The van der Waals surface area contributed by atoms with E-state index in [9.17, 15) is 0 Å². The van der Waals surface area contributed by atoms with Crippen molar-refractivity contribution in [1.29, 1.82) is 0 Å². The summed E-state index contributed by atoms with van der Waals surface area (Å²) in [4.78, 5) is 8.31. The summed E-state index contributed by atoms with van der Waals surface area (Å²) in [6.45, 7) is 0. The Morgan fingerprint density at radius 3 is 3.00 bits per heavy atom. The molecule has 2 heterocycles. The summed E-state index contributed by atoms with van der Waals surface area (Å²) in [6, 6.07) is 0. The van der Waals surface area contributed by atoms with E-state index >= 15 is 0 Å². The van der Waals surface area contributed by atoms with E-state index in [0.29, 0.717) is 5.95 Å². The van der Waals surface area contributed by atoms with Gasteiger partial charge in [0.05, 0.1) is 0 Å². The summed E-state index contributed by atoms with van der Waals surface area (Å²) in [6.07, 6.45) is 3.57. The van der Waals surface area contributed by atoms with Crippen LogP contribution in [0.5, 0.6) is 0 Å². The molecule has 5 nitrogen and oxygen atoms in total. The molecule has 0 unspecified atom stereocenters. The van der Waals surface area contributed by atoms with Crippen molar-refractivity contribution in [2.24, 2.45) is 0 Å². The van der Waals surface area contributed by atoms with Gasteiger partial charge in [-0.05, 0) is 22.6 Å². The molecule has 7 heteroatoms. The normalized spacial score (nSPS) is 10.3. The van der Waals surface area contributed by atoms with Crippen LogP contribution in [0.15, 0.2) is 12.5 Å². The molecule has 1 N–H and O–H groups in total. The van der Waals surface area contributed by atoms with Crippen LogP contribution < -0.4 is 5.32 Å². The minimum absolute atomic E-state index is 0.657. The summed E-state index contributed by atoms with van der Waals surface area (Å²) in [5.74, 6) is 0.657. The van der Waals surface area contributed by atoms with Gasteiger partial charge in [0.15, 0.2) is 0 Å². The number of nitrogens with zero attached hydrogens (tertiary/aromatic N) is 4. The number of rotatable bonds is 2. The molecule has 0 amide bonds. The van der Waals surface area contributed by atoms with Crippen LogP contribution in [0.3, 0.4) is 0 Å². The molecule has 0 saturated carbocycles. The molecular formula is C6H6IN5S. The number of aromatic nitrogens is 4. The average Bonchev–Trinajstić information content (AvgIpc) is 2.71. The lowest BCUT2D eigenvalue weighted by Crippen LogP contribution is -1.93. The molecule has 0 spiro atoms. The van der Waals surface area contributed by atoms with Crippen LogP contribution >= 0.6 is 34.1 Å². The minimum atomic E-state index is 0.657. The summed E-state index contributed by atoms with van der Waals surface area (Å²) < 4.78 is 6.88. The molecule has 2 aromatic rings. The number of nitrogens with one attached hydrogen (secondary N) is 1. The molecule has 0 atom stereocenters. The van der Waals surface area contributed by atoms with Crippen LogP contribution in [-0.2, 0) is 0 Å². The summed E-state index contributed by atoms with van der Waals surface area (Å²) in [5.41, 5.74) is 0. The van der Waals surface area contributed by atoms with Crippen LogP contribution in [0.2, 0.25) is 0 Å². The highest BCUT2D eigenvalue weighted by molar-refractivity contribution is 14.1. The number of hydrogen-bond acceptors (Lipinski definition) is 5. The number of hydrogen-bond donors (Lipinski definition) is 1. The standard InChI is InChI=1S/C6H6IN5S/c1-8-6-10-5(11-13-6)12-2-4(7)9-3-12/h2-3H,1H3,(H,8,10,11). The maximum absolute atomic E-state index is 4.23. The monoisotopic (exact) mass is 307 g/mol. The van der Waals surface area contributed by atoms with E-state index < -0.39 is 0 Å². The quantitative estimate of drug-likeness (QED) is 0.852. The highest BCUT2D eigenvalue weighted by Crippen LogP contribution is 2.13. The molecule has 0 bridgehead atoms. The Balaban J connectivity index is 2.35. The highest BCUT2D eigenvalue weighted by atomic mass is 127. The van der Waals surface area contributed by atoms with E-state index in [-0.39, 0.29) is 0 Å². The van der Waals surface area contributed by atoms with Gasteiger partial charge in [-0.25, -0.2) is 4.98 Å². The summed E-state index contributed by atoms with van der Waals surface area (Å²) in [5, 5.41) is 3.74. The van der Waals surface area contributed by atoms with E-state index in [2.05, 4.69) is 42.2 Å². The molecule has 68 valence electrons. The Morgan fingerprint density at radius 1 is 1.62 bits per heavy atom. The lowest BCUT2D eigenvalue weighted by Gasteiger charge is -1.90. The van der Waals surface area contributed by atoms with Crippen molar-refractivity contribution < 1.29 is 0 Å². The topological polar surface area (TPSA) is 55.6 Å². The Labute approximate surface area is 92.5 Å². The van der Waals surface area contributed by atoms with E-state index in [1.54, 1.807) is 10.9 Å². The molecular weight excluding hydrogens is 301 g/mol. The number of imidazole rings is 1. The highest BCUT2D eigenvalue weighted by Gasteiger charge is 2.04. The van der Waals surface area contributed by atoms with Crippen molar-refractivity contribution >= 4 is 39.3 Å². The predicted molar refractivity (Wildman–Crippen MR) is 59.3 cm³/mol. The van der Waals surface area contributed by atoms with Gasteiger partial charge in [-0.15, -0.1) is 0 Å². The fraction of sp³-hybridized carbons (Fsp3) is 0.167. The average molecular weight is 307 g/mol. The summed E-state index contributed by atoms with van der Waals surface area (Å²) in [7, 11) is 1.82. The van der Waals surface area contributed by atoms with Crippen molar-refractivity contribution in [2.45, 2.75) is 0 Å². The molecule has 0 aliphatic carbocycles. The van der Waals surface area contributed by atoms with Crippen LogP contribution in [0, 0.1) is 3.70 Å². The molecule has 0 radical (unpaired) electrons. The summed E-state index contributed by atoms with van der Waals surface area (Å²) >= 11 is 3.47. The second kappa shape index (κ2) is 3.58. The van der Waals surface area contributed by atoms with E-state index in [1.165, 1.54) is 11.5 Å². The van der Waals surface area contributed by atoms with Gasteiger partial charge in [0.1, 0.15) is 10.0 Å². The Hall–Kier alpha value is -0.700. The van der Waals surface area contributed by atoms with Gasteiger partial charge in [0.25, 0.3) is 0 Å². The lowest BCUT2D eigenvalue weighted by molar-refractivity contribution is 0.967. The van der Waals surface area contributed by atoms with E-state index in [4.69, 9.17) is 0 Å². The van der Waals surface area contributed by atoms with Gasteiger partial charge < -0.3 is 5.32 Å².